The van der Waals surface area contributed by atoms with Crippen LogP contribution in [0.25, 0.3) is 0 Å². The number of aromatic hydroxyl groups is 1. The van der Waals surface area contributed by atoms with Gasteiger partial charge in [-0.1, -0.05) is 24.3 Å². The molecule has 5 nitrogen and oxygen atoms in total. The summed E-state index contributed by atoms with van der Waals surface area (Å²) in [5, 5.41) is 23.6. The van der Waals surface area contributed by atoms with Gasteiger partial charge in [0.2, 0.25) is 0 Å². The molecule has 0 unspecified atom stereocenters. The number of para-hydroxylation sites is 2. The Morgan fingerprint density at radius 3 is 2.65 bits per heavy atom. The normalized spacial score (nSPS) is 10.2. The van der Waals surface area contributed by atoms with E-state index in [-0.39, 0.29) is 11.4 Å². The first-order chi connectivity index (χ1) is 9.63. The van der Waals surface area contributed by atoms with E-state index < -0.39 is 4.92 Å². The minimum atomic E-state index is -0.403. The number of nitro benzene ring substituents is 1. The number of benzene rings is 2. The zero-order chi connectivity index (χ0) is 14.5. The highest BCUT2D eigenvalue weighted by Gasteiger charge is 2.16. The van der Waals surface area contributed by atoms with Crippen molar-refractivity contribution in [2.45, 2.75) is 10.6 Å². The third kappa shape index (κ3) is 3.03. The first-order valence-corrected chi connectivity index (χ1v) is 6.97. The molecular weight excluding hydrogens is 276 g/mol. The second-order valence-corrected chi connectivity index (χ2v) is 5.09. The molecule has 20 heavy (non-hydrogen) atoms. The lowest BCUT2D eigenvalue weighted by Gasteiger charge is -2.09. The summed E-state index contributed by atoms with van der Waals surface area (Å²) in [6, 6.07) is 12.0. The van der Waals surface area contributed by atoms with Crippen LogP contribution in [-0.4, -0.2) is 17.1 Å². The average Bonchev–Trinajstić information content (AvgIpc) is 2.45. The first kappa shape index (κ1) is 14.2. The number of hydrogen-bond donors (Lipinski definition) is 2. The highest BCUT2D eigenvalue weighted by Crippen LogP contribution is 2.35. The van der Waals surface area contributed by atoms with Gasteiger partial charge in [0.1, 0.15) is 11.4 Å². The monoisotopic (exact) mass is 290 g/mol. The van der Waals surface area contributed by atoms with Crippen molar-refractivity contribution in [3.8, 4) is 5.75 Å². The number of nitrogens with one attached hydrogen (secondary N) is 1. The van der Waals surface area contributed by atoms with Gasteiger partial charge in [0, 0.05) is 23.8 Å². The molecule has 0 fully saturated rings. The number of phenolic OH excluding ortho intramolecular Hbond substituents is 1. The molecule has 2 N–H and O–H groups in total. The third-order valence-corrected chi connectivity index (χ3v) is 3.94. The van der Waals surface area contributed by atoms with Gasteiger partial charge in [0.05, 0.1) is 4.92 Å². The van der Waals surface area contributed by atoms with Crippen LogP contribution in [0, 0.1) is 10.1 Å². The van der Waals surface area contributed by atoms with Crippen molar-refractivity contribution >= 4 is 23.1 Å². The molecule has 0 radical (unpaired) electrons. The smallest absolute Gasteiger partial charge is 0.292 e. The molecule has 0 aromatic heterocycles. The Balaban J connectivity index is 2.24. The summed E-state index contributed by atoms with van der Waals surface area (Å²) in [6.45, 7) is 0. The maximum absolute atomic E-state index is 11.0. The molecule has 104 valence electrons. The Hall–Kier alpha value is -2.21. The highest BCUT2D eigenvalue weighted by atomic mass is 32.2. The van der Waals surface area contributed by atoms with Gasteiger partial charge in [-0.3, -0.25) is 10.1 Å². The summed E-state index contributed by atoms with van der Waals surface area (Å²) in [5.74, 6) is 0.754. The molecule has 0 atom stereocenters. The van der Waals surface area contributed by atoms with Crippen LogP contribution in [0.5, 0.6) is 5.75 Å². The average molecular weight is 290 g/mol. The molecular formula is C14H14N2O3S. The number of thioether (sulfide) groups is 1. The number of anilines is 1. The van der Waals surface area contributed by atoms with E-state index in [1.54, 1.807) is 25.2 Å². The predicted octanol–water partition coefficient (Wildman–Crippen LogP) is 3.63. The van der Waals surface area contributed by atoms with E-state index in [0.29, 0.717) is 11.4 Å². The number of nitrogens with zero attached hydrogens (tertiary/aromatic N) is 1. The van der Waals surface area contributed by atoms with Crippen LogP contribution < -0.4 is 5.32 Å². The van der Waals surface area contributed by atoms with E-state index in [1.807, 2.05) is 18.2 Å². The zero-order valence-corrected chi connectivity index (χ0v) is 11.7. The Kier molecular flexibility index (Phi) is 4.47. The lowest BCUT2D eigenvalue weighted by atomic mass is 10.1. The number of phenols is 1. The predicted molar refractivity (Wildman–Crippen MR) is 80.3 cm³/mol. The molecule has 0 aliphatic carbocycles. The molecule has 2 aromatic rings. The summed E-state index contributed by atoms with van der Waals surface area (Å²) < 4.78 is 0. The van der Waals surface area contributed by atoms with Crippen LogP contribution in [0.4, 0.5) is 11.4 Å². The van der Waals surface area contributed by atoms with E-state index in [9.17, 15) is 15.2 Å². The van der Waals surface area contributed by atoms with E-state index in [0.717, 1.165) is 10.5 Å². The van der Waals surface area contributed by atoms with E-state index in [1.165, 1.54) is 17.8 Å². The quantitative estimate of drug-likeness (QED) is 0.499. The molecule has 2 aromatic carbocycles. The van der Waals surface area contributed by atoms with Crippen molar-refractivity contribution in [1.29, 1.82) is 0 Å². The minimum absolute atomic E-state index is 0.0582. The SMILES string of the molecule is CNc1c(CSc2ccccc2O)cccc1[N+](=O)[O-]. The van der Waals surface area contributed by atoms with Crippen LogP contribution in [0.2, 0.25) is 0 Å². The Morgan fingerprint density at radius 1 is 1.25 bits per heavy atom. The standard InChI is InChI=1S/C14H14N2O3S/c1-15-14-10(5-4-6-11(14)16(18)19)9-20-13-8-3-2-7-12(13)17/h2-8,15,17H,9H2,1H3. The minimum Gasteiger partial charge on any atom is -0.507 e. The van der Waals surface area contributed by atoms with Gasteiger partial charge in [-0.05, 0) is 17.7 Å². The summed E-state index contributed by atoms with van der Waals surface area (Å²) in [7, 11) is 1.66. The van der Waals surface area contributed by atoms with Crippen LogP contribution >= 0.6 is 11.8 Å². The van der Waals surface area contributed by atoms with Gasteiger partial charge >= 0.3 is 0 Å². The summed E-state index contributed by atoms with van der Waals surface area (Å²) in [4.78, 5) is 11.3. The Morgan fingerprint density at radius 2 is 2.00 bits per heavy atom. The first-order valence-electron chi connectivity index (χ1n) is 5.98. The molecule has 0 aliphatic rings. The van der Waals surface area contributed by atoms with Crippen molar-refractivity contribution in [3.05, 3.63) is 58.1 Å². The van der Waals surface area contributed by atoms with Crippen LogP contribution in [0.1, 0.15) is 5.56 Å². The van der Waals surface area contributed by atoms with Gasteiger partial charge in [-0.25, -0.2) is 0 Å². The molecule has 6 heteroatoms. The molecule has 2 rings (SSSR count). The largest absolute Gasteiger partial charge is 0.507 e. The van der Waals surface area contributed by atoms with Crippen LogP contribution in [0.15, 0.2) is 47.4 Å². The lowest BCUT2D eigenvalue weighted by Crippen LogP contribution is -2.00. The third-order valence-electron chi connectivity index (χ3n) is 2.82. The fourth-order valence-electron chi connectivity index (χ4n) is 1.88. The maximum Gasteiger partial charge on any atom is 0.292 e. The summed E-state index contributed by atoms with van der Waals surface area (Å²) >= 11 is 1.44. The van der Waals surface area contributed by atoms with E-state index in [2.05, 4.69) is 5.32 Å². The van der Waals surface area contributed by atoms with Crippen molar-refractivity contribution in [2.24, 2.45) is 0 Å². The Bertz CT molecular complexity index is 632. The topological polar surface area (TPSA) is 75.4 Å². The van der Waals surface area contributed by atoms with Crippen molar-refractivity contribution in [2.75, 3.05) is 12.4 Å². The van der Waals surface area contributed by atoms with E-state index >= 15 is 0 Å². The number of rotatable bonds is 5. The molecule has 0 spiro atoms. The van der Waals surface area contributed by atoms with Crippen molar-refractivity contribution < 1.29 is 10.0 Å². The van der Waals surface area contributed by atoms with Crippen LogP contribution in [-0.2, 0) is 5.75 Å². The second-order valence-electron chi connectivity index (χ2n) is 4.07. The van der Waals surface area contributed by atoms with E-state index in [4.69, 9.17) is 0 Å². The maximum atomic E-state index is 11.0. The number of nitro groups is 1. The molecule has 0 saturated heterocycles. The fourth-order valence-corrected chi connectivity index (χ4v) is 2.82. The molecule has 0 saturated carbocycles. The summed E-state index contributed by atoms with van der Waals surface area (Å²) in [5.41, 5.74) is 1.40. The second kappa shape index (κ2) is 6.29. The summed E-state index contributed by atoms with van der Waals surface area (Å²) in [6.07, 6.45) is 0. The molecule has 0 amide bonds. The molecule has 0 bridgehead atoms. The zero-order valence-electron chi connectivity index (χ0n) is 10.9. The van der Waals surface area contributed by atoms with Crippen molar-refractivity contribution in [3.63, 3.8) is 0 Å². The molecule has 0 aliphatic heterocycles. The van der Waals surface area contributed by atoms with Gasteiger partial charge < -0.3 is 10.4 Å². The van der Waals surface area contributed by atoms with Gasteiger partial charge in [-0.2, -0.15) is 0 Å². The van der Waals surface area contributed by atoms with Gasteiger partial charge in [-0.15, -0.1) is 11.8 Å². The lowest BCUT2D eigenvalue weighted by molar-refractivity contribution is -0.384. The van der Waals surface area contributed by atoms with Gasteiger partial charge in [0.15, 0.2) is 0 Å². The fraction of sp³-hybridized carbons (Fsp3) is 0.143. The van der Waals surface area contributed by atoms with Crippen LogP contribution in [0.3, 0.4) is 0 Å². The van der Waals surface area contributed by atoms with Crippen molar-refractivity contribution in [1.82, 2.24) is 0 Å². The Labute approximate surface area is 120 Å². The highest BCUT2D eigenvalue weighted by molar-refractivity contribution is 7.98. The van der Waals surface area contributed by atoms with Gasteiger partial charge in [0.25, 0.3) is 5.69 Å². The number of hydrogen-bond acceptors (Lipinski definition) is 5. The molecule has 0 heterocycles.